The SMILES string of the molecule is Cc1ccc(P(=O)(/C(F)=C(\CC(=O)c2ccccc2)c2ccccc2)c2ccc(C)cc2)cc1. The van der Waals surface area contributed by atoms with Gasteiger partial charge in [-0.15, -0.1) is 0 Å². The van der Waals surface area contributed by atoms with Gasteiger partial charge in [-0.1, -0.05) is 120 Å². The van der Waals surface area contributed by atoms with Crippen LogP contribution in [-0.2, 0) is 4.57 Å². The summed E-state index contributed by atoms with van der Waals surface area (Å²) in [7, 11) is -3.86. The van der Waals surface area contributed by atoms with Gasteiger partial charge in [0.05, 0.1) is 0 Å². The minimum atomic E-state index is -3.86. The van der Waals surface area contributed by atoms with Gasteiger partial charge in [-0.05, 0) is 19.4 Å². The van der Waals surface area contributed by atoms with E-state index in [1.165, 1.54) is 0 Å². The summed E-state index contributed by atoms with van der Waals surface area (Å²) in [5.41, 5.74) is 2.42. The first-order chi connectivity index (χ1) is 16.4. The van der Waals surface area contributed by atoms with Gasteiger partial charge >= 0.3 is 0 Å². The van der Waals surface area contributed by atoms with Crippen molar-refractivity contribution in [1.82, 2.24) is 0 Å². The van der Waals surface area contributed by atoms with Gasteiger partial charge in [-0.25, -0.2) is 4.39 Å². The number of rotatable bonds is 7. The van der Waals surface area contributed by atoms with E-state index in [1.54, 1.807) is 72.8 Å². The Bertz CT molecular complexity index is 1310. The number of hydrogen-bond donors (Lipinski definition) is 0. The van der Waals surface area contributed by atoms with Crippen LogP contribution in [0.25, 0.3) is 5.57 Å². The lowest BCUT2D eigenvalue weighted by Gasteiger charge is -2.21. The molecular formula is C30H26FO2P. The lowest BCUT2D eigenvalue weighted by molar-refractivity contribution is 0.0998. The monoisotopic (exact) mass is 468 g/mol. The molecule has 34 heavy (non-hydrogen) atoms. The Morgan fingerprint density at radius 2 is 1.06 bits per heavy atom. The third-order valence-corrected chi connectivity index (χ3v) is 8.75. The molecule has 0 spiro atoms. The van der Waals surface area contributed by atoms with Crippen molar-refractivity contribution < 1.29 is 13.8 Å². The summed E-state index contributed by atoms with van der Waals surface area (Å²) < 4.78 is 31.4. The molecule has 170 valence electrons. The smallest absolute Gasteiger partial charge is 0.198 e. The molecule has 0 unspecified atom stereocenters. The zero-order valence-electron chi connectivity index (χ0n) is 19.2. The van der Waals surface area contributed by atoms with Crippen molar-refractivity contribution in [2.24, 2.45) is 0 Å². The van der Waals surface area contributed by atoms with Crippen LogP contribution in [0.1, 0.15) is 33.5 Å². The highest BCUT2D eigenvalue weighted by Gasteiger charge is 2.36. The van der Waals surface area contributed by atoms with E-state index in [4.69, 9.17) is 0 Å². The predicted octanol–water partition coefficient (Wildman–Crippen LogP) is 7.23. The first-order valence-corrected chi connectivity index (χ1v) is 12.9. The highest BCUT2D eigenvalue weighted by atomic mass is 31.2. The Hall–Kier alpha value is -3.55. The largest absolute Gasteiger partial charge is 0.306 e. The maximum atomic E-state index is 16.7. The van der Waals surface area contributed by atoms with Gasteiger partial charge in [-0.2, -0.15) is 0 Å². The minimum absolute atomic E-state index is 0.152. The van der Waals surface area contributed by atoms with Gasteiger partial charge in [-0.3, -0.25) is 4.79 Å². The van der Waals surface area contributed by atoms with Crippen LogP contribution in [0.4, 0.5) is 4.39 Å². The number of aryl methyl sites for hydroxylation is 2. The second-order valence-electron chi connectivity index (χ2n) is 8.38. The fraction of sp³-hybridized carbons (Fsp3) is 0.100. The highest BCUT2D eigenvalue weighted by Crippen LogP contribution is 2.55. The van der Waals surface area contributed by atoms with Crippen molar-refractivity contribution in [2.45, 2.75) is 20.3 Å². The molecule has 0 amide bonds. The molecule has 4 aromatic carbocycles. The van der Waals surface area contributed by atoms with E-state index in [2.05, 4.69) is 0 Å². The molecule has 0 aliphatic carbocycles. The van der Waals surface area contributed by atoms with Gasteiger partial charge in [0.1, 0.15) is 0 Å². The fourth-order valence-electron chi connectivity index (χ4n) is 3.90. The maximum Gasteiger partial charge on any atom is 0.198 e. The summed E-state index contributed by atoms with van der Waals surface area (Å²) in [6, 6.07) is 31.9. The molecule has 0 aliphatic rings. The van der Waals surface area contributed by atoms with Crippen molar-refractivity contribution in [3.8, 4) is 0 Å². The third kappa shape index (κ3) is 4.85. The van der Waals surface area contributed by atoms with Gasteiger partial charge in [0.15, 0.2) is 18.5 Å². The molecule has 4 rings (SSSR count). The Morgan fingerprint density at radius 1 is 0.647 bits per heavy atom. The Morgan fingerprint density at radius 3 is 1.50 bits per heavy atom. The molecule has 0 saturated heterocycles. The lowest BCUT2D eigenvalue weighted by atomic mass is 9.98. The average Bonchev–Trinajstić information content (AvgIpc) is 2.88. The molecule has 0 atom stereocenters. The van der Waals surface area contributed by atoms with Crippen LogP contribution < -0.4 is 10.6 Å². The number of carbonyl (C=O) groups is 1. The normalized spacial score (nSPS) is 12.2. The molecule has 0 bridgehead atoms. The van der Waals surface area contributed by atoms with Crippen molar-refractivity contribution in [1.29, 1.82) is 0 Å². The van der Waals surface area contributed by atoms with Gasteiger partial charge in [0.2, 0.25) is 0 Å². The van der Waals surface area contributed by atoms with Crippen LogP contribution >= 0.6 is 7.14 Å². The molecule has 4 aromatic rings. The number of halogens is 1. The number of hydrogen-bond acceptors (Lipinski definition) is 2. The quantitative estimate of drug-likeness (QED) is 0.212. The van der Waals surface area contributed by atoms with E-state index < -0.39 is 12.7 Å². The number of ketones is 1. The number of benzene rings is 4. The van der Waals surface area contributed by atoms with Crippen LogP contribution in [0.3, 0.4) is 0 Å². The molecule has 0 saturated carbocycles. The summed E-state index contributed by atoms with van der Waals surface area (Å²) >= 11 is 0. The Kier molecular flexibility index (Phi) is 7.05. The van der Waals surface area contributed by atoms with Gasteiger partial charge < -0.3 is 4.57 Å². The molecule has 4 heteroatoms. The molecule has 0 fully saturated rings. The first kappa shape index (κ1) is 23.6. The standard InChI is InChI=1S/C30H26FO2P/c1-22-13-17-26(18-14-22)34(33,27-19-15-23(2)16-20-27)30(31)28(24-9-5-3-6-10-24)21-29(32)25-11-7-4-8-12-25/h3-20H,21H2,1-2H3/b30-28+. The molecule has 2 nitrogen and oxygen atoms in total. The van der Waals surface area contributed by atoms with E-state index >= 15 is 4.39 Å². The molecule has 0 radical (unpaired) electrons. The topological polar surface area (TPSA) is 34.1 Å². The molecular weight excluding hydrogens is 442 g/mol. The molecule has 0 aliphatic heterocycles. The third-order valence-electron chi connectivity index (χ3n) is 5.88. The first-order valence-electron chi connectivity index (χ1n) is 11.2. The van der Waals surface area contributed by atoms with Crippen molar-refractivity contribution >= 4 is 29.1 Å². The Labute approximate surface area is 200 Å². The van der Waals surface area contributed by atoms with Crippen LogP contribution in [-0.4, -0.2) is 5.78 Å². The fourth-order valence-corrected chi connectivity index (χ4v) is 6.37. The van der Waals surface area contributed by atoms with Crippen LogP contribution in [0, 0.1) is 13.8 Å². The molecule has 0 heterocycles. The highest BCUT2D eigenvalue weighted by molar-refractivity contribution is 7.82. The van der Waals surface area contributed by atoms with Crippen molar-refractivity contribution in [3.05, 3.63) is 137 Å². The van der Waals surface area contributed by atoms with Gasteiger partial charge in [0.25, 0.3) is 0 Å². The average molecular weight is 469 g/mol. The summed E-state index contributed by atoms with van der Waals surface area (Å²) in [5.74, 6) is -0.228. The van der Waals surface area contributed by atoms with E-state index in [-0.39, 0.29) is 17.8 Å². The van der Waals surface area contributed by atoms with E-state index in [1.807, 2.05) is 50.2 Å². The summed E-state index contributed by atoms with van der Waals surface area (Å²) in [6.45, 7) is 3.86. The van der Waals surface area contributed by atoms with E-state index in [0.29, 0.717) is 21.7 Å². The maximum absolute atomic E-state index is 16.7. The minimum Gasteiger partial charge on any atom is -0.306 e. The zero-order chi connectivity index (χ0) is 24.1. The predicted molar refractivity (Wildman–Crippen MR) is 139 cm³/mol. The summed E-state index contributed by atoms with van der Waals surface area (Å²) in [6.07, 6.45) is -0.193. The summed E-state index contributed by atoms with van der Waals surface area (Å²) in [4.78, 5) is 13.1. The number of Topliss-reactive ketones (excluding diaryl/α,β-unsaturated/α-hetero) is 1. The van der Waals surface area contributed by atoms with E-state index in [9.17, 15) is 9.36 Å². The molecule has 0 N–H and O–H groups in total. The second kappa shape index (κ2) is 10.2. The Balaban J connectivity index is 1.95. The van der Waals surface area contributed by atoms with Crippen molar-refractivity contribution in [2.75, 3.05) is 0 Å². The van der Waals surface area contributed by atoms with E-state index in [0.717, 1.165) is 11.1 Å². The van der Waals surface area contributed by atoms with Crippen molar-refractivity contribution in [3.63, 3.8) is 0 Å². The number of allylic oxidation sites excluding steroid dienone is 1. The van der Waals surface area contributed by atoms with Crippen LogP contribution in [0.15, 0.2) is 115 Å². The second-order valence-corrected chi connectivity index (χ2v) is 11.0. The van der Waals surface area contributed by atoms with Gasteiger partial charge in [0, 0.05) is 28.2 Å². The number of carbonyl (C=O) groups excluding carboxylic acids is 1. The molecule has 0 aromatic heterocycles. The zero-order valence-corrected chi connectivity index (χ0v) is 20.1. The summed E-state index contributed by atoms with van der Waals surface area (Å²) in [5, 5.41) is 0.806. The van der Waals surface area contributed by atoms with Crippen LogP contribution in [0.2, 0.25) is 0 Å². The van der Waals surface area contributed by atoms with Crippen LogP contribution in [0.5, 0.6) is 0 Å². The lowest BCUT2D eigenvalue weighted by Crippen LogP contribution is -2.18.